The van der Waals surface area contributed by atoms with Crippen LogP contribution in [0.2, 0.25) is 0 Å². The predicted molar refractivity (Wildman–Crippen MR) is 109 cm³/mol. The number of hydrogen-bond donors (Lipinski definition) is 1. The summed E-state index contributed by atoms with van der Waals surface area (Å²) >= 11 is 7.04. The molecule has 1 saturated heterocycles. The van der Waals surface area contributed by atoms with Crippen molar-refractivity contribution >= 4 is 37.6 Å². The van der Waals surface area contributed by atoms with Gasteiger partial charge in [-0.3, -0.25) is 4.79 Å². The first kappa shape index (κ1) is 19.4. The minimum Gasteiger partial charge on any atom is -0.496 e. The van der Waals surface area contributed by atoms with Crippen molar-refractivity contribution < 1.29 is 14.3 Å². The second-order valence-electron chi connectivity index (χ2n) is 6.43. The third-order valence-electron chi connectivity index (χ3n) is 4.89. The maximum Gasteiger partial charge on any atom is 0.139 e. The molecule has 0 spiro atoms. The first-order valence-corrected chi connectivity index (χ1v) is 9.98. The molecule has 0 radical (unpaired) electrons. The Morgan fingerprint density at radius 2 is 1.50 bits per heavy atom. The Morgan fingerprint density at radius 3 is 2.08 bits per heavy atom. The molecule has 1 fully saturated rings. The number of ether oxygens (including phenoxy) is 2. The van der Waals surface area contributed by atoms with Crippen LogP contribution in [0.4, 0.5) is 0 Å². The van der Waals surface area contributed by atoms with Gasteiger partial charge in [-0.1, -0.05) is 38.8 Å². The molecule has 2 aromatic carbocycles. The lowest BCUT2D eigenvalue weighted by atomic mass is 9.81. The summed E-state index contributed by atoms with van der Waals surface area (Å²) < 4.78 is 13.0. The van der Waals surface area contributed by atoms with Crippen LogP contribution >= 0.6 is 31.9 Å². The molecular weight excluding hydrogens is 462 g/mol. The SMILES string of the molecule is COc1ccc(Br)cc1[C@@H]1CC(=O)[C@H](C)[C@H](c2cc(Br)ccc2OC)N1. The number of halogens is 2. The molecule has 0 aromatic heterocycles. The zero-order chi connectivity index (χ0) is 18.8. The molecule has 0 saturated carbocycles. The molecular formula is C20H21Br2NO3. The van der Waals surface area contributed by atoms with Gasteiger partial charge in [0.15, 0.2) is 0 Å². The quantitative estimate of drug-likeness (QED) is 0.649. The lowest BCUT2D eigenvalue weighted by Gasteiger charge is -2.36. The number of carbonyl (C=O) groups excluding carboxylic acids is 1. The van der Waals surface area contributed by atoms with Gasteiger partial charge in [-0.2, -0.15) is 0 Å². The fourth-order valence-corrected chi connectivity index (χ4v) is 4.24. The van der Waals surface area contributed by atoms with Gasteiger partial charge in [0.2, 0.25) is 0 Å². The molecule has 4 nitrogen and oxygen atoms in total. The van der Waals surface area contributed by atoms with Gasteiger partial charge < -0.3 is 14.8 Å². The van der Waals surface area contributed by atoms with Crippen LogP contribution in [0, 0.1) is 5.92 Å². The van der Waals surface area contributed by atoms with Crippen molar-refractivity contribution in [2.75, 3.05) is 14.2 Å². The highest BCUT2D eigenvalue weighted by molar-refractivity contribution is 9.10. The summed E-state index contributed by atoms with van der Waals surface area (Å²) in [5.74, 6) is 1.62. The molecule has 0 unspecified atom stereocenters. The highest BCUT2D eigenvalue weighted by Gasteiger charge is 2.37. The van der Waals surface area contributed by atoms with Gasteiger partial charge in [0.05, 0.1) is 14.2 Å². The van der Waals surface area contributed by atoms with Crippen LogP contribution in [0.15, 0.2) is 45.3 Å². The second kappa shape index (κ2) is 8.11. The number of methoxy groups -OCH3 is 2. The van der Waals surface area contributed by atoms with Gasteiger partial charge in [0.1, 0.15) is 17.3 Å². The average Bonchev–Trinajstić information content (AvgIpc) is 2.63. The van der Waals surface area contributed by atoms with Gasteiger partial charge in [-0.05, 0) is 36.4 Å². The Balaban J connectivity index is 2.02. The number of carbonyl (C=O) groups is 1. The summed E-state index contributed by atoms with van der Waals surface area (Å²) in [6.45, 7) is 1.97. The van der Waals surface area contributed by atoms with Crippen molar-refractivity contribution in [3.8, 4) is 11.5 Å². The van der Waals surface area contributed by atoms with E-state index in [4.69, 9.17) is 9.47 Å². The lowest BCUT2D eigenvalue weighted by molar-refractivity contribution is -0.126. The van der Waals surface area contributed by atoms with Crippen LogP contribution in [0.5, 0.6) is 11.5 Å². The summed E-state index contributed by atoms with van der Waals surface area (Å²) in [5.41, 5.74) is 1.95. The Morgan fingerprint density at radius 1 is 0.962 bits per heavy atom. The molecule has 1 aliphatic rings. The third-order valence-corrected chi connectivity index (χ3v) is 5.87. The molecule has 1 aliphatic heterocycles. The lowest BCUT2D eigenvalue weighted by Crippen LogP contribution is -2.41. The van der Waals surface area contributed by atoms with E-state index in [9.17, 15) is 4.79 Å². The smallest absolute Gasteiger partial charge is 0.139 e. The van der Waals surface area contributed by atoms with Crippen molar-refractivity contribution in [1.29, 1.82) is 0 Å². The largest absolute Gasteiger partial charge is 0.496 e. The minimum absolute atomic E-state index is 0.125. The number of nitrogens with one attached hydrogen (secondary N) is 1. The van der Waals surface area contributed by atoms with Gasteiger partial charge in [-0.15, -0.1) is 0 Å². The predicted octanol–water partition coefficient (Wildman–Crippen LogP) is 5.21. The van der Waals surface area contributed by atoms with Crippen molar-refractivity contribution in [1.82, 2.24) is 5.32 Å². The van der Waals surface area contributed by atoms with E-state index >= 15 is 0 Å². The van der Waals surface area contributed by atoms with E-state index in [1.807, 2.05) is 43.3 Å². The summed E-state index contributed by atoms with van der Waals surface area (Å²) in [7, 11) is 3.30. The summed E-state index contributed by atoms with van der Waals surface area (Å²) in [6, 6.07) is 11.5. The zero-order valence-corrected chi connectivity index (χ0v) is 18.1. The first-order valence-electron chi connectivity index (χ1n) is 8.40. The monoisotopic (exact) mass is 481 g/mol. The molecule has 1 heterocycles. The maximum atomic E-state index is 12.8. The highest BCUT2D eigenvalue weighted by atomic mass is 79.9. The van der Waals surface area contributed by atoms with Gasteiger partial charge in [-0.25, -0.2) is 0 Å². The molecule has 138 valence electrons. The molecule has 3 rings (SSSR count). The van der Waals surface area contributed by atoms with Crippen molar-refractivity contribution in [3.05, 3.63) is 56.5 Å². The van der Waals surface area contributed by atoms with E-state index in [0.29, 0.717) is 6.42 Å². The molecule has 0 amide bonds. The minimum atomic E-state index is -0.146. The number of ketones is 1. The maximum absolute atomic E-state index is 12.8. The van der Waals surface area contributed by atoms with E-state index in [1.54, 1.807) is 14.2 Å². The third kappa shape index (κ3) is 3.82. The van der Waals surface area contributed by atoms with E-state index in [2.05, 4.69) is 37.2 Å². The van der Waals surface area contributed by atoms with E-state index in [-0.39, 0.29) is 23.8 Å². The Bertz CT molecular complexity index is 825. The summed E-state index contributed by atoms with van der Waals surface area (Å²) in [4.78, 5) is 12.8. The second-order valence-corrected chi connectivity index (χ2v) is 8.26. The van der Waals surface area contributed by atoms with Gasteiger partial charge in [0, 0.05) is 44.5 Å². The van der Waals surface area contributed by atoms with Crippen LogP contribution < -0.4 is 14.8 Å². The number of hydrogen-bond acceptors (Lipinski definition) is 4. The Labute approximate surface area is 170 Å². The first-order chi connectivity index (χ1) is 12.4. The molecule has 3 atom stereocenters. The zero-order valence-electron chi connectivity index (χ0n) is 14.9. The number of piperidine rings is 1. The van der Waals surface area contributed by atoms with Crippen LogP contribution in [0.1, 0.15) is 36.6 Å². The molecule has 0 aliphatic carbocycles. The summed E-state index contributed by atoms with van der Waals surface area (Å²) in [6.07, 6.45) is 0.431. The molecule has 26 heavy (non-hydrogen) atoms. The van der Waals surface area contributed by atoms with E-state index in [1.165, 1.54) is 0 Å². The van der Waals surface area contributed by atoms with Gasteiger partial charge >= 0.3 is 0 Å². The van der Waals surface area contributed by atoms with Crippen LogP contribution in [0.3, 0.4) is 0 Å². The summed E-state index contributed by atoms with van der Waals surface area (Å²) in [5, 5.41) is 3.65. The number of rotatable bonds is 4. The molecule has 2 aromatic rings. The Kier molecular flexibility index (Phi) is 6.05. The van der Waals surface area contributed by atoms with Crippen molar-refractivity contribution in [3.63, 3.8) is 0 Å². The highest BCUT2D eigenvalue weighted by Crippen LogP contribution is 2.41. The van der Waals surface area contributed by atoms with Crippen LogP contribution in [0.25, 0.3) is 0 Å². The average molecular weight is 483 g/mol. The van der Waals surface area contributed by atoms with Crippen LogP contribution in [-0.2, 0) is 4.79 Å². The number of benzene rings is 2. The molecule has 1 N–H and O–H groups in total. The van der Waals surface area contributed by atoms with Crippen molar-refractivity contribution in [2.24, 2.45) is 5.92 Å². The van der Waals surface area contributed by atoms with Gasteiger partial charge in [0.25, 0.3) is 0 Å². The van der Waals surface area contributed by atoms with E-state index < -0.39 is 0 Å². The Hall–Kier alpha value is -1.37. The molecule has 6 heteroatoms. The fraction of sp³-hybridized carbons (Fsp3) is 0.350. The van der Waals surface area contributed by atoms with Crippen LogP contribution in [-0.4, -0.2) is 20.0 Å². The topological polar surface area (TPSA) is 47.6 Å². The van der Waals surface area contributed by atoms with E-state index in [0.717, 1.165) is 31.6 Å². The standard InChI is InChI=1S/C20H21Br2NO3/c1-11-17(24)10-16(14-8-12(21)4-6-18(14)25-2)23-20(11)15-9-13(22)5-7-19(15)26-3/h4-9,11,16,20,23H,10H2,1-3H3/t11-,16-,20+/m0/s1. The number of Topliss-reactive ketones (excluding diaryl/α,β-unsaturated/α-hetero) is 1. The normalized spacial score (nSPS) is 23.0. The molecule has 0 bridgehead atoms. The fourth-order valence-electron chi connectivity index (χ4n) is 3.48. The van der Waals surface area contributed by atoms with Crippen molar-refractivity contribution in [2.45, 2.75) is 25.4 Å².